The summed E-state index contributed by atoms with van der Waals surface area (Å²) in [4.78, 5) is 24.1. The van der Waals surface area contributed by atoms with Crippen molar-refractivity contribution in [3.63, 3.8) is 0 Å². The Morgan fingerprint density at radius 1 is 0.853 bits per heavy atom. The maximum atomic E-state index is 10.9. The van der Waals surface area contributed by atoms with Crippen molar-refractivity contribution in [1.82, 2.24) is 15.0 Å². The van der Waals surface area contributed by atoms with Gasteiger partial charge < -0.3 is 20.7 Å². The van der Waals surface area contributed by atoms with Gasteiger partial charge in [-0.05, 0) is 36.1 Å². The van der Waals surface area contributed by atoms with Crippen LogP contribution >= 0.6 is 0 Å². The van der Waals surface area contributed by atoms with E-state index in [0.717, 1.165) is 29.7 Å². The van der Waals surface area contributed by atoms with Crippen LogP contribution in [0.4, 0.5) is 23.5 Å². The zero-order valence-corrected chi connectivity index (χ0v) is 19.2. The summed E-state index contributed by atoms with van der Waals surface area (Å²) in [5.41, 5.74) is 2.02. The van der Waals surface area contributed by atoms with Crippen molar-refractivity contribution in [2.45, 2.75) is 51.2 Å². The lowest BCUT2D eigenvalue weighted by Gasteiger charge is -2.23. The van der Waals surface area contributed by atoms with Crippen LogP contribution in [-0.4, -0.2) is 33.0 Å². The van der Waals surface area contributed by atoms with Gasteiger partial charge in [-0.2, -0.15) is 15.0 Å². The molecular weight excluding hydrogens is 434 g/mol. The van der Waals surface area contributed by atoms with E-state index in [1.165, 1.54) is 31.4 Å². The smallest absolute Gasteiger partial charge is 0.269 e. The molecule has 1 heterocycles. The number of aromatic nitrogens is 3. The molecule has 1 fully saturated rings. The molecule has 178 valence electrons. The first-order chi connectivity index (χ1) is 16.6. The fraction of sp³-hybridized carbons (Fsp3) is 0.375. The summed E-state index contributed by atoms with van der Waals surface area (Å²) in [6.45, 7) is 0.988. The van der Waals surface area contributed by atoms with Gasteiger partial charge in [0.1, 0.15) is 5.75 Å². The van der Waals surface area contributed by atoms with E-state index < -0.39 is 4.92 Å². The van der Waals surface area contributed by atoms with Gasteiger partial charge in [-0.25, -0.2) is 0 Å². The number of hydrogen-bond acceptors (Lipinski definition) is 9. The average Bonchev–Trinajstić information content (AvgIpc) is 2.87. The Kier molecular flexibility index (Phi) is 7.69. The second-order valence-electron chi connectivity index (χ2n) is 8.26. The van der Waals surface area contributed by atoms with Crippen LogP contribution in [0.5, 0.6) is 5.75 Å². The Morgan fingerprint density at radius 2 is 1.38 bits per heavy atom. The van der Waals surface area contributed by atoms with Crippen molar-refractivity contribution in [3.8, 4) is 5.75 Å². The SMILES string of the molecule is COc1ccc(CNc2nc(NCc3ccc([N+](=O)[O-])cc3)nc(NC3CCCCC3)n2)cc1. The lowest BCUT2D eigenvalue weighted by atomic mass is 9.96. The minimum Gasteiger partial charge on any atom is -0.497 e. The van der Waals surface area contributed by atoms with Crippen molar-refractivity contribution in [2.24, 2.45) is 0 Å². The molecule has 10 nitrogen and oxygen atoms in total. The van der Waals surface area contributed by atoms with E-state index in [1.807, 2.05) is 24.3 Å². The van der Waals surface area contributed by atoms with Crippen LogP contribution in [0.15, 0.2) is 48.5 Å². The minimum absolute atomic E-state index is 0.0629. The van der Waals surface area contributed by atoms with Gasteiger partial charge in [0.15, 0.2) is 0 Å². The number of nitro groups is 1. The van der Waals surface area contributed by atoms with E-state index >= 15 is 0 Å². The molecular formula is C24H29N7O3. The highest BCUT2D eigenvalue weighted by Gasteiger charge is 2.16. The van der Waals surface area contributed by atoms with Crippen LogP contribution in [0.25, 0.3) is 0 Å². The Morgan fingerprint density at radius 3 is 1.91 bits per heavy atom. The van der Waals surface area contributed by atoms with Crippen LogP contribution in [0.2, 0.25) is 0 Å². The Bertz CT molecular complexity index is 1080. The minimum atomic E-state index is -0.410. The lowest BCUT2D eigenvalue weighted by Crippen LogP contribution is -2.24. The van der Waals surface area contributed by atoms with Gasteiger partial charge in [-0.1, -0.05) is 43.5 Å². The highest BCUT2D eigenvalue weighted by molar-refractivity contribution is 5.44. The van der Waals surface area contributed by atoms with Gasteiger partial charge in [0.25, 0.3) is 5.69 Å². The summed E-state index contributed by atoms with van der Waals surface area (Å²) in [6, 6.07) is 14.6. The Hall–Kier alpha value is -3.95. The maximum absolute atomic E-state index is 10.9. The Balaban J connectivity index is 1.46. The molecule has 1 aliphatic rings. The monoisotopic (exact) mass is 463 g/mol. The third-order valence-corrected chi connectivity index (χ3v) is 5.78. The number of methoxy groups -OCH3 is 1. The van der Waals surface area contributed by atoms with Gasteiger partial charge in [-0.3, -0.25) is 10.1 Å². The van der Waals surface area contributed by atoms with Gasteiger partial charge in [0.05, 0.1) is 12.0 Å². The lowest BCUT2D eigenvalue weighted by molar-refractivity contribution is -0.384. The number of nitrogens with one attached hydrogen (secondary N) is 3. The van der Waals surface area contributed by atoms with E-state index in [9.17, 15) is 10.1 Å². The normalized spacial score (nSPS) is 13.8. The summed E-state index contributed by atoms with van der Waals surface area (Å²) in [5.74, 6) is 2.24. The molecule has 1 saturated carbocycles. The van der Waals surface area contributed by atoms with E-state index in [1.54, 1.807) is 19.2 Å². The fourth-order valence-corrected chi connectivity index (χ4v) is 3.87. The van der Waals surface area contributed by atoms with Crippen LogP contribution in [0.1, 0.15) is 43.2 Å². The molecule has 34 heavy (non-hydrogen) atoms. The van der Waals surface area contributed by atoms with Crippen molar-refractivity contribution in [1.29, 1.82) is 0 Å². The van der Waals surface area contributed by atoms with Crippen LogP contribution in [0, 0.1) is 10.1 Å². The fourth-order valence-electron chi connectivity index (χ4n) is 3.87. The van der Waals surface area contributed by atoms with Crippen molar-refractivity contribution in [3.05, 3.63) is 69.8 Å². The number of hydrogen-bond donors (Lipinski definition) is 3. The number of anilines is 3. The highest BCUT2D eigenvalue weighted by Crippen LogP contribution is 2.22. The first kappa shape index (κ1) is 23.2. The van der Waals surface area contributed by atoms with Crippen LogP contribution < -0.4 is 20.7 Å². The second-order valence-corrected chi connectivity index (χ2v) is 8.26. The standard InChI is InChI=1S/C24H29N7O3/c1-34-21-13-9-18(10-14-21)16-26-23-28-22(25-15-17-7-11-20(12-8-17)31(32)33)29-24(30-23)27-19-5-3-2-4-6-19/h7-14,19H,2-6,15-16H2,1H3,(H3,25,26,27,28,29,30). The molecule has 3 aromatic rings. The van der Waals surface area contributed by atoms with Gasteiger partial charge in [0, 0.05) is 31.3 Å². The van der Waals surface area contributed by atoms with Gasteiger partial charge in [-0.15, -0.1) is 0 Å². The summed E-state index contributed by atoms with van der Waals surface area (Å²) in [5, 5.41) is 20.8. The number of ether oxygens (including phenoxy) is 1. The van der Waals surface area contributed by atoms with Crippen molar-refractivity contribution < 1.29 is 9.66 Å². The molecule has 0 aliphatic heterocycles. The van der Waals surface area contributed by atoms with Crippen LogP contribution in [-0.2, 0) is 13.1 Å². The van der Waals surface area contributed by atoms with E-state index in [4.69, 9.17) is 4.74 Å². The maximum Gasteiger partial charge on any atom is 0.269 e. The van der Waals surface area contributed by atoms with E-state index in [-0.39, 0.29) is 5.69 Å². The third kappa shape index (κ3) is 6.53. The molecule has 0 saturated heterocycles. The largest absolute Gasteiger partial charge is 0.497 e. The molecule has 0 atom stereocenters. The van der Waals surface area contributed by atoms with E-state index in [2.05, 4.69) is 30.9 Å². The molecule has 1 aliphatic carbocycles. The van der Waals surface area contributed by atoms with Gasteiger partial charge in [0.2, 0.25) is 17.8 Å². The van der Waals surface area contributed by atoms with Crippen molar-refractivity contribution in [2.75, 3.05) is 23.1 Å². The predicted octanol–water partition coefficient (Wildman–Crippen LogP) is 4.76. The first-order valence-electron chi connectivity index (χ1n) is 11.5. The number of nitrogens with zero attached hydrogens (tertiary/aromatic N) is 4. The third-order valence-electron chi connectivity index (χ3n) is 5.78. The quantitative estimate of drug-likeness (QED) is 0.288. The summed E-state index contributed by atoms with van der Waals surface area (Å²) in [7, 11) is 1.64. The average molecular weight is 464 g/mol. The zero-order chi connectivity index (χ0) is 23.8. The molecule has 0 amide bonds. The summed E-state index contributed by atoms with van der Waals surface area (Å²) < 4.78 is 5.21. The zero-order valence-electron chi connectivity index (χ0n) is 19.2. The van der Waals surface area contributed by atoms with Crippen molar-refractivity contribution >= 4 is 23.5 Å². The first-order valence-corrected chi connectivity index (χ1v) is 11.5. The topological polar surface area (TPSA) is 127 Å². The number of non-ortho nitro benzene ring substituents is 1. The number of benzene rings is 2. The van der Waals surface area contributed by atoms with Crippen LogP contribution in [0.3, 0.4) is 0 Å². The van der Waals surface area contributed by atoms with Gasteiger partial charge >= 0.3 is 0 Å². The molecule has 3 N–H and O–H groups in total. The molecule has 0 radical (unpaired) electrons. The molecule has 10 heteroatoms. The molecule has 0 spiro atoms. The van der Waals surface area contributed by atoms with E-state index in [0.29, 0.717) is 37.0 Å². The highest BCUT2D eigenvalue weighted by atomic mass is 16.6. The molecule has 4 rings (SSSR count). The molecule has 2 aromatic carbocycles. The number of rotatable bonds is 10. The number of nitro benzene ring substituents is 1. The Labute approximate surface area is 198 Å². The molecule has 0 unspecified atom stereocenters. The summed E-state index contributed by atoms with van der Waals surface area (Å²) >= 11 is 0. The summed E-state index contributed by atoms with van der Waals surface area (Å²) in [6.07, 6.45) is 5.89. The second kappa shape index (κ2) is 11.3. The molecule has 0 bridgehead atoms. The molecule has 1 aromatic heterocycles. The predicted molar refractivity (Wildman–Crippen MR) is 131 cm³/mol.